The van der Waals surface area contributed by atoms with Gasteiger partial charge < -0.3 is 79.9 Å². The van der Waals surface area contributed by atoms with E-state index in [-0.39, 0.29) is 35.1 Å². The lowest BCUT2D eigenvalue weighted by molar-refractivity contribution is -0.127. The predicted octanol–water partition coefficient (Wildman–Crippen LogP) is -1.79. The van der Waals surface area contributed by atoms with Crippen molar-refractivity contribution in [2.24, 2.45) is 11.8 Å². The molecule has 0 aliphatic heterocycles. The highest BCUT2D eigenvalue weighted by molar-refractivity contribution is 7.68. The maximum atomic E-state index is 12.2. The minimum Gasteiger partial charge on any atom is -0.387 e. The summed E-state index contributed by atoms with van der Waals surface area (Å²) in [5.74, 6) is -0.665. The molecule has 14 N–H and O–H groups in total. The molecule has 0 bridgehead atoms. The number of imidazole rings is 2. The van der Waals surface area contributed by atoms with Crippen molar-refractivity contribution < 1.29 is 86.1 Å². The van der Waals surface area contributed by atoms with Crippen molar-refractivity contribution in [1.82, 2.24) is 39.0 Å². The van der Waals surface area contributed by atoms with Crippen molar-refractivity contribution in [3.05, 3.63) is 25.3 Å². The van der Waals surface area contributed by atoms with Gasteiger partial charge in [-0.15, -0.1) is 0 Å². The molecule has 4 heterocycles. The summed E-state index contributed by atoms with van der Waals surface area (Å²) in [6.45, 7) is 2.77. The van der Waals surface area contributed by atoms with Gasteiger partial charge in [0.2, 0.25) is 0 Å². The Morgan fingerprint density at radius 1 is 0.690 bits per heavy atom. The van der Waals surface area contributed by atoms with Gasteiger partial charge in [0.05, 0.1) is 24.7 Å². The number of anilines is 2. The summed E-state index contributed by atoms with van der Waals surface area (Å²) in [4.78, 5) is 78.6. The van der Waals surface area contributed by atoms with Gasteiger partial charge in [-0.3, -0.25) is 9.13 Å². The molecular weight excluding hydrogens is 864 g/mol. The van der Waals surface area contributed by atoms with Crippen LogP contribution in [0, 0.1) is 11.8 Å². The number of fused-ring (bicyclic) bond motifs is 4. The Bertz CT molecular complexity index is 2480. The molecule has 4 aromatic rings. The van der Waals surface area contributed by atoms with Gasteiger partial charge in [0.1, 0.15) is 71.0 Å². The van der Waals surface area contributed by atoms with Crippen LogP contribution < -0.4 is 11.5 Å². The van der Waals surface area contributed by atoms with Gasteiger partial charge in [-0.1, -0.05) is 0 Å². The molecule has 32 heteroatoms. The van der Waals surface area contributed by atoms with Gasteiger partial charge in [0, 0.05) is 11.8 Å². The largest absolute Gasteiger partial charge is 0.488 e. The molecule has 6 unspecified atom stereocenters. The average Bonchev–Trinajstić information content (AvgIpc) is 3.80. The van der Waals surface area contributed by atoms with Crippen molar-refractivity contribution in [3.63, 3.8) is 0 Å². The van der Waals surface area contributed by atoms with Crippen LogP contribution in [-0.2, 0) is 36.4 Å². The molecule has 4 aliphatic rings. The summed E-state index contributed by atoms with van der Waals surface area (Å²) in [5.41, 5.74) is 6.71. The lowest BCUT2D eigenvalue weighted by Gasteiger charge is -2.34. The Hall–Kier alpha value is -2.94. The molecule has 28 nitrogen and oxygen atoms in total. The van der Waals surface area contributed by atoms with Crippen molar-refractivity contribution in [3.8, 4) is 0 Å². The van der Waals surface area contributed by atoms with E-state index in [0.29, 0.717) is 17.6 Å². The van der Waals surface area contributed by atoms with E-state index < -0.39 is 96.1 Å². The van der Waals surface area contributed by atoms with Crippen LogP contribution in [0.15, 0.2) is 25.3 Å². The first kappa shape index (κ1) is 43.2. The van der Waals surface area contributed by atoms with E-state index in [2.05, 4.69) is 38.5 Å². The molecule has 0 amide bonds. The second-order valence-electron chi connectivity index (χ2n) is 14.8. The number of nitrogens with zero attached hydrogens (tertiary/aromatic N) is 8. The quantitative estimate of drug-likeness (QED) is 0.0698. The Morgan fingerprint density at radius 3 is 1.50 bits per heavy atom. The Morgan fingerprint density at radius 2 is 1.10 bits per heavy atom. The number of nitrogens with two attached hydrogens (primary N) is 2. The number of rotatable bonds is 12. The minimum absolute atomic E-state index is 0.0968. The zero-order valence-electron chi connectivity index (χ0n) is 29.9. The first-order valence-electron chi connectivity index (χ1n) is 16.7. The average molecular weight is 903 g/mol. The highest BCUT2D eigenvalue weighted by Crippen LogP contribution is 2.70. The molecule has 320 valence electrons. The maximum Gasteiger partial charge on any atom is 0.488 e. The van der Waals surface area contributed by atoms with Crippen molar-refractivity contribution >= 4 is 64.8 Å². The standard InChI is InChI=1S/C13H20N5O12P3.C13H18N5O6P/c1-12(20)8(18-4-17-7-9(14)15-3-16-10(7)18)6-2-13(6,11(12)19)28-5-31(21,22)29-33(26,27)30-32(23,24)25;1-12(20)8(18-4-17-7-9(14)15-3-16-10(7)18)6-2-13(6,11(12)19)24-5-25(21,22)23/h3-4,6,8,11,19-20H,2,5H2,1H3,(H,21,22)(H,26,27)(H2,14,15,16)(H2,23,24,25);3-4,6,8,11,19-20H,2,5H2,1H3,(H2,14,15,16)(H2,21,22,23)/t2*6?,8-,11?,12+,13+/m11/s1. The minimum atomic E-state index is -5.64. The van der Waals surface area contributed by atoms with Gasteiger partial charge in [-0.05, 0) is 26.7 Å². The molecule has 0 saturated heterocycles. The lowest BCUT2D eigenvalue weighted by atomic mass is 9.92. The molecular formula is C26H38N10O18P4. The Kier molecular flexibility index (Phi) is 10.3. The molecule has 4 aliphatic carbocycles. The molecule has 4 fully saturated rings. The number of aliphatic hydroxyl groups is 4. The number of ether oxygens (including phenoxy) is 2. The Labute approximate surface area is 324 Å². The number of aromatic nitrogens is 8. The molecule has 58 heavy (non-hydrogen) atoms. The molecule has 8 rings (SSSR count). The number of phosphoric acid groups is 2. The molecule has 0 aromatic carbocycles. The monoisotopic (exact) mass is 902 g/mol. The molecule has 0 radical (unpaired) electrons. The first-order valence-corrected chi connectivity index (χ1v) is 23.3. The zero-order valence-corrected chi connectivity index (χ0v) is 33.4. The Balaban J connectivity index is 0.000000183. The van der Waals surface area contributed by atoms with Crippen LogP contribution in [0.5, 0.6) is 0 Å². The summed E-state index contributed by atoms with van der Waals surface area (Å²) in [6, 6.07) is -1.49. The van der Waals surface area contributed by atoms with Gasteiger partial charge in [0.25, 0.3) is 0 Å². The topological polar surface area (TPSA) is 447 Å². The third kappa shape index (κ3) is 7.44. The number of hydrogen-bond acceptors (Lipinski definition) is 20. The first-order chi connectivity index (χ1) is 26.6. The summed E-state index contributed by atoms with van der Waals surface area (Å²) >= 11 is 0. The van der Waals surface area contributed by atoms with E-state index in [1.165, 1.54) is 43.7 Å². The fourth-order valence-corrected chi connectivity index (χ4v) is 12.2. The van der Waals surface area contributed by atoms with Crippen LogP contribution in [0.1, 0.15) is 38.8 Å². The summed E-state index contributed by atoms with van der Waals surface area (Å²) < 4.78 is 66.9. The van der Waals surface area contributed by atoms with E-state index in [0.717, 1.165) is 0 Å². The van der Waals surface area contributed by atoms with Crippen molar-refractivity contribution in [2.45, 2.75) is 73.4 Å². The van der Waals surface area contributed by atoms with Gasteiger partial charge >= 0.3 is 30.8 Å². The molecule has 12 atom stereocenters. The smallest absolute Gasteiger partial charge is 0.387 e. The van der Waals surface area contributed by atoms with Gasteiger partial charge in [-0.2, -0.15) is 4.31 Å². The maximum absolute atomic E-state index is 12.2. The van der Waals surface area contributed by atoms with Gasteiger partial charge in [-0.25, -0.2) is 43.3 Å². The van der Waals surface area contributed by atoms with Crippen molar-refractivity contribution in [2.75, 3.05) is 24.2 Å². The number of nitrogen functional groups attached to an aromatic ring is 2. The van der Waals surface area contributed by atoms with E-state index in [1.807, 2.05) is 0 Å². The summed E-state index contributed by atoms with van der Waals surface area (Å²) in [7, 11) is -20.7. The van der Waals surface area contributed by atoms with E-state index >= 15 is 0 Å². The highest BCUT2D eigenvalue weighted by Gasteiger charge is 2.78. The predicted molar refractivity (Wildman–Crippen MR) is 190 cm³/mol. The zero-order chi connectivity index (χ0) is 42.8. The normalized spacial score (nSPS) is 36.1. The van der Waals surface area contributed by atoms with Crippen LogP contribution in [0.2, 0.25) is 0 Å². The summed E-state index contributed by atoms with van der Waals surface area (Å²) in [5, 5.41) is 43.3. The van der Waals surface area contributed by atoms with E-state index in [1.54, 1.807) is 4.57 Å². The fraction of sp³-hybridized carbons (Fsp3) is 0.615. The van der Waals surface area contributed by atoms with E-state index in [4.69, 9.17) is 40.5 Å². The van der Waals surface area contributed by atoms with Crippen LogP contribution in [0.25, 0.3) is 22.3 Å². The van der Waals surface area contributed by atoms with Gasteiger partial charge in [0.15, 0.2) is 22.9 Å². The van der Waals surface area contributed by atoms with Crippen molar-refractivity contribution in [1.29, 1.82) is 0 Å². The summed E-state index contributed by atoms with van der Waals surface area (Å²) in [6.07, 6.45) is 0.777. The van der Waals surface area contributed by atoms with E-state index in [9.17, 15) is 48.5 Å². The number of aliphatic hydroxyl groups excluding tert-OH is 2. The molecule has 4 aromatic heterocycles. The van der Waals surface area contributed by atoms with Crippen LogP contribution >= 0.6 is 30.8 Å². The second-order valence-corrected chi connectivity index (χ2v) is 21.2. The second kappa shape index (κ2) is 13.8. The lowest BCUT2D eigenvalue weighted by Crippen LogP contribution is -2.48. The number of hydrogen-bond donors (Lipinski definition) is 12. The van der Waals surface area contributed by atoms with Crippen LogP contribution in [0.4, 0.5) is 11.6 Å². The third-order valence-electron chi connectivity index (χ3n) is 10.8. The van der Waals surface area contributed by atoms with Crippen LogP contribution in [-0.4, -0.2) is 136 Å². The fourth-order valence-electron chi connectivity index (χ4n) is 8.41. The SMILES string of the molecule is C[C@@]1(O)C(O)[C@]2(OCP(=O)(O)O)CC2[C@H]1n1cnc2c(N)ncnc21.C[C@@]1(O)C(O)[C@]2(OCP(=O)(O)OP(=O)(O)OP(=O)(O)O)CC2[C@H]1n1cnc2c(N)ncnc21. The molecule has 0 spiro atoms. The molecule has 4 saturated carbocycles. The third-order valence-corrected chi connectivity index (χ3v) is 15.3. The van der Waals surface area contributed by atoms with Crippen LogP contribution in [0.3, 0.4) is 0 Å². The highest BCUT2D eigenvalue weighted by atomic mass is 31.3.